The summed E-state index contributed by atoms with van der Waals surface area (Å²) in [5, 5.41) is 8.38. The minimum absolute atomic E-state index is 0.0517. The van der Waals surface area contributed by atoms with Crippen LogP contribution in [0.5, 0.6) is 5.75 Å². The van der Waals surface area contributed by atoms with Crippen molar-refractivity contribution in [2.75, 3.05) is 7.11 Å². The normalized spacial score (nSPS) is 10.7. The summed E-state index contributed by atoms with van der Waals surface area (Å²) in [7, 11) is 1.64. The second-order valence-corrected chi connectivity index (χ2v) is 5.47. The first-order valence-corrected chi connectivity index (χ1v) is 7.14. The van der Waals surface area contributed by atoms with Gasteiger partial charge in [0.1, 0.15) is 11.6 Å². The Morgan fingerprint density at radius 1 is 1.29 bits per heavy atom. The maximum Gasteiger partial charge on any atom is 0.171 e. The molecule has 0 aliphatic carbocycles. The lowest BCUT2D eigenvalue weighted by Crippen LogP contribution is -2.11. The predicted octanol–water partition coefficient (Wildman–Crippen LogP) is 3.01. The Kier molecular flexibility index (Phi) is 3.53. The number of hydrogen-bond donors (Lipinski definition) is 3. The number of benzene rings is 2. The summed E-state index contributed by atoms with van der Waals surface area (Å²) in [4.78, 5) is 8.67. The minimum atomic E-state index is 0.0517. The molecule has 6 heteroatoms. The Morgan fingerprint density at radius 2 is 2.10 bits per heavy atom. The molecule has 1 aromatic heterocycles. The Balaban J connectivity index is 1.97. The second kappa shape index (κ2) is 5.49. The van der Waals surface area contributed by atoms with E-state index in [0.29, 0.717) is 5.56 Å². The van der Waals surface area contributed by atoms with Crippen LogP contribution in [0.2, 0.25) is 0 Å². The zero-order chi connectivity index (χ0) is 14.8. The SMILES string of the molecule is COc1ccc2nc(Sc3ccccc3C(=N)N)[nH]c2c1. The number of nitrogen functional groups attached to an aromatic ring is 1. The van der Waals surface area contributed by atoms with E-state index in [4.69, 9.17) is 15.9 Å². The fraction of sp³-hybridized carbons (Fsp3) is 0.0667. The molecule has 106 valence electrons. The van der Waals surface area contributed by atoms with Crippen molar-refractivity contribution < 1.29 is 4.74 Å². The Morgan fingerprint density at radius 3 is 2.86 bits per heavy atom. The number of rotatable bonds is 4. The Labute approximate surface area is 126 Å². The summed E-state index contributed by atoms with van der Waals surface area (Å²) in [5.74, 6) is 0.836. The van der Waals surface area contributed by atoms with Crippen molar-refractivity contribution in [2.24, 2.45) is 5.73 Å². The highest BCUT2D eigenvalue weighted by Crippen LogP contribution is 2.30. The van der Waals surface area contributed by atoms with Gasteiger partial charge in [0.15, 0.2) is 5.16 Å². The summed E-state index contributed by atoms with van der Waals surface area (Å²) in [5.41, 5.74) is 8.10. The lowest BCUT2D eigenvalue weighted by Gasteiger charge is -2.05. The molecule has 3 aromatic rings. The van der Waals surface area contributed by atoms with Gasteiger partial charge in [0, 0.05) is 16.5 Å². The molecule has 3 rings (SSSR count). The van der Waals surface area contributed by atoms with Crippen molar-refractivity contribution in [3.05, 3.63) is 48.0 Å². The molecule has 21 heavy (non-hydrogen) atoms. The number of hydrogen-bond acceptors (Lipinski definition) is 4. The topological polar surface area (TPSA) is 87.8 Å². The number of amidine groups is 1. The van der Waals surface area contributed by atoms with Crippen LogP contribution in [0, 0.1) is 5.41 Å². The van der Waals surface area contributed by atoms with Crippen LogP contribution in [0.3, 0.4) is 0 Å². The zero-order valence-corrected chi connectivity index (χ0v) is 12.2. The minimum Gasteiger partial charge on any atom is -0.497 e. The largest absolute Gasteiger partial charge is 0.497 e. The van der Waals surface area contributed by atoms with Crippen molar-refractivity contribution in [1.29, 1.82) is 5.41 Å². The van der Waals surface area contributed by atoms with Gasteiger partial charge in [0.05, 0.1) is 18.1 Å². The van der Waals surface area contributed by atoms with E-state index in [0.717, 1.165) is 26.8 Å². The number of nitrogens with one attached hydrogen (secondary N) is 2. The van der Waals surface area contributed by atoms with Gasteiger partial charge >= 0.3 is 0 Å². The lowest BCUT2D eigenvalue weighted by molar-refractivity contribution is 0.415. The Hall–Kier alpha value is -2.47. The number of nitrogens with two attached hydrogens (primary N) is 1. The van der Waals surface area contributed by atoms with Crippen LogP contribution in [-0.4, -0.2) is 22.9 Å². The molecule has 0 unspecified atom stereocenters. The second-order valence-electron chi connectivity index (χ2n) is 4.44. The number of ether oxygens (including phenoxy) is 1. The van der Waals surface area contributed by atoms with E-state index in [1.54, 1.807) is 7.11 Å². The summed E-state index contributed by atoms with van der Waals surface area (Å²) < 4.78 is 5.20. The third-order valence-electron chi connectivity index (χ3n) is 3.05. The molecule has 4 N–H and O–H groups in total. The molecule has 0 aliphatic rings. The number of imidazole rings is 1. The van der Waals surface area contributed by atoms with Gasteiger partial charge in [0.2, 0.25) is 0 Å². The Bertz CT molecular complexity index is 812. The van der Waals surface area contributed by atoms with Gasteiger partial charge in [-0.1, -0.05) is 30.0 Å². The van der Waals surface area contributed by atoms with Crippen LogP contribution in [0.15, 0.2) is 52.5 Å². The van der Waals surface area contributed by atoms with Gasteiger partial charge < -0.3 is 15.5 Å². The van der Waals surface area contributed by atoms with Crippen LogP contribution >= 0.6 is 11.8 Å². The first-order valence-electron chi connectivity index (χ1n) is 6.32. The highest BCUT2D eigenvalue weighted by Gasteiger charge is 2.10. The highest BCUT2D eigenvalue weighted by atomic mass is 32.2. The predicted molar refractivity (Wildman–Crippen MR) is 84.2 cm³/mol. The smallest absolute Gasteiger partial charge is 0.171 e. The molecule has 0 atom stereocenters. The molecule has 0 radical (unpaired) electrons. The van der Waals surface area contributed by atoms with Crippen LogP contribution < -0.4 is 10.5 Å². The number of H-pyrrole nitrogens is 1. The van der Waals surface area contributed by atoms with E-state index in [-0.39, 0.29) is 5.84 Å². The number of methoxy groups -OCH3 is 1. The number of aromatic nitrogens is 2. The standard InChI is InChI=1S/C15H14N4OS/c1-20-9-6-7-11-12(8-9)19-15(18-11)21-13-5-3-2-4-10(13)14(16)17/h2-8H,1H3,(H3,16,17)(H,18,19). The van der Waals surface area contributed by atoms with Gasteiger partial charge in [-0.05, 0) is 18.2 Å². The van der Waals surface area contributed by atoms with Gasteiger partial charge in [0.25, 0.3) is 0 Å². The van der Waals surface area contributed by atoms with E-state index < -0.39 is 0 Å². The van der Waals surface area contributed by atoms with Crippen LogP contribution in [0.4, 0.5) is 0 Å². The monoisotopic (exact) mass is 298 g/mol. The number of fused-ring (bicyclic) bond motifs is 1. The van der Waals surface area contributed by atoms with E-state index >= 15 is 0 Å². The van der Waals surface area contributed by atoms with E-state index in [1.807, 2.05) is 42.5 Å². The molecular weight excluding hydrogens is 284 g/mol. The van der Waals surface area contributed by atoms with Gasteiger partial charge in [-0.2, -0.15) is 0 Å². The fourth-order valence-corrected chi connectivity index (χ4v) is 2.97. The molecular formula is C15H14N4OS. The van der Waals surface area contributed by atoms with E-state index in [2.05, 4.69) is 9.97 Å². The van der Waals surface area contributed by atoms with Crippen molar-refractivity contribution in [3.8, 4) is 5.75 Å². The van der Waals surface area contributed by atoms with Crippen LogP contribution in [0.25, 0.3) is 11.0 Å². The molecule has 5 nitrogen and oxygen atoms in total. The molecule has 0 amide bonds. The molecule has 0 bridgehead atoms. The first kappa shape index (κ1) is 13.5. The average molecular weight is 298 g/mol. The van der Waals surface area contributed by atoms with Crippen molar-refractivity contribution in [2.45, 2.75) is 10.1 Å². The number of nitrogens with zero attached hydrogens (tertiary/aromatic N) is 1. The molecule has 0 aliphatic heterocycles. The molecule has 0 saturated carbocycles. The molecule has 0 fully saturated rings. The maximum atomic E-state index is 7.62. The average Bonchev–Trinajstić information content (AvgIpc) is 2.88. The van der Waals surface area contributed by atoms with Crippen molar-refractivity contribution in [3.63, 3.8) is 0 Å². The quantitative estimate of drug-likeness (QED) is 0.510. The molecule has 0 saturated heterocycles. The van der Waals surface area contributed by atoms with E-state index in [9.17, 15) is 0 Å². The van der Waals surface area contributed by atoms with Crippen LogP contribution in [-0.2, 0) is 0 Å². The molecule has 2 aromatic carbocycles. The molecule has 0 spiro atoms. The van der Waals surface area contributed by atoms with Gasteiger partial charge in [-0.25, -0.2) is 4.98 Å². The number of aromatic amines is 1. The summed E-state index contributed by atoms with van der Waals surface area (Å²) in [6, 6.07) is 13.2. The molecule has 1 heterocycles. The fourth-order valence-electron chi connectivity index (χ4n) is 2.02. The third kappa shape index (κ3) is 2.71. The summed E-state index contributed by atoms with van der Waals surface area (Å²) in [6.07, 6.45) is 0. The maximum absolute atomic E-state index is 7.62. The van der Waals surface area contributed by atoms with Crippen molar-refractivity contribution >= 4 is 28.6 Å². The van der Waals surface area contributed by atoms with E-state index in [1.165, 1.54) is 11.8 Å². The summed E-state index contributed by atoms with van der Waals surface area (Å²) >= 11 is 1.45. The highest BCUT2D eigenvalue weighted by molar-refractivity contribution is 7.99. The van der Waals surface area contributed by atoms with Gasteiger partial charge in [-0.15, -0.1) is 0 Å². The third-order valence-corrected chi connectivity index (χ3v) is 4.01. The van der Waals surface area contributed by atoms with Crippen LogP contribution in [0.1, 0.15) is 5.56 Å². The lowest BCUT2D eigenvalue weighted by atomic mass is 10.2. The zero-order valence-electron chi connectivity index (χ0n) is 11.4. The van der Waals surface area contributed by atoms with Crippen molar-refractivity contribution in [1.82, 2.24) is 9.97 Å². The van der Waals surface area contributed by atoms with Gasteiger partial charge in [-0.3, -0.25) is 5.41 Å². The first-order chi connectivity index (χ1) is 10.2. The summed E-state index contributed by atoms with van der Waals surface area (Å²) in [6.45, 7) is 0.